The van der Waals surface area contributed by atoms with Gasteiger partial charge in [-0.05, 0) is 57.5 Å². The molecule has 14 heteroatoms. The Morgan fingerprint density at radius 2 is 1.18 bits per heavy atom. The molecule has 6 heterocycles. The molecule has 2 unspecified atom stereocenters. The average molecular weight is 685 g/mol. The molecule has 0 spiro atoms. The van der Waals surface area contributed by atoms with Gasteiger partial charge in [-0.15, -0.1) is 9.46 Å². The number of pyridine rings is 4. The molecule has 3 N–H and O–H groups in total. The van der Waals surface area contributed by atoms with E-state index >= 15 is 0 Å². The van der Waals surface area contributed by atoms with Crippen molar-refractivity contribution in [2.24, 2.45) is 0 Å². The lowest BCUT2D eigenvalue weighted by Gasteiger charge is -2.18. The summed E-state index contributed by atoms with van der Waals surface area (Å²) in [6, 6.07) is 23.7. The fourth-order valence-electron chi connectivity index (χ4n) is 5.53. The first-order valence-electron chi connectivity index (χ1n) is 16.2. The molecule has 0 aliphatic heterocycles. The second-order valence-corrected chi connectivity index (χ2v) is 11.7. The van der Waals surface area contributed by atoms with E-state index in [4.69, 9.17) is 4.84 Å². The minimum Gasteiger partial charge on any atom is -0.423 e. The van der Waals surface area contributed by atoms with E-state index in [0.717, 1.165) is 28.0 Å². The number of nitrogens with zero attached hydrogens (tertiary/aromatic N) is 8. The third-order valence-electron chi connectivity index (χ3n) is 8.12. The van der Waals surface area contributed by atoms with E-state index in [1.54, 1.807) is 19.3 Å². The van der Waals surface area contributed by atoms with E-state index in [2.05, 4.69) is 40.5 Å². The zero-order valence-corrected chi connectivity index (χ0v) is 28.4. The van der Waals surface area contributed by atoms with Crippen LogP contribution in [0.5, 0.6) is 0 Å². The maximum Gasteiger partial charge on any atom is 0.287 e. The van der Waals surface area contributed by atoms with E-state index in [9.17, 15) is 14.8 Å². The van der Waals surface area contributed by atoms with E-state index in [0.29, 0.717) is 32.8 Å². The van der Waals surface area contributed by atoms with Crippen molar-refractivity contribution >= 4 is 33.4 Å². The molecular weight excluding hydrogens is 648 g/mol. The molecule has 0 fully saturated rings. The Morgan fingerprint density at radius 1 is 0.667 bits per heavy atom. The second kappa shape index (κ2) is 15.2. The second-order valence-electron chi connectivity index (χ2n) is 11.7. The van der Waals surface area contributed by atoms with Crippen LogP contribution in [-0.2, 0) is 6.61 Å². The minimum absolute atomic E-state index is 0.0977. The zero-order valence-electron chi connectivity index (χ0n) is 28.4. The molecule has 6 aromatic heterocycles. The highest BCUT2D eigenvalue weighted by molar-refractivity contribution is 5.91. The largest absolute Gasteiger partial charge is 0.423 e. The molecule has 51 heavy (non-hydrogen) atoms. The van der Waals surface area contributed by atoms with Crippen LogP contribution in [-0.4, -0.2) is 44.6 Å². The quantitative estimate of drug-likeness (QED) is 0.170. The van der Waals surface area contributed by atoms with Crippen LogP contribution in [0, 0.1) is 13.8 Å². The van der Waals surface area contributed by atoms with Crippen molar-refractivity contribution < 1.29 is 10.0 Å². The summed E-state index contributed by atoms with van der Waals surface area (Å²) in [6.07, 6.45) is 6.21. The summed E-state index contributed by atoms with van der Waals surface area (Å²) in [5.41, 5.74) is 5.08. The molecule has 1 aromatic carbocycles. The Morgan fingerprint density at radius 3 is 1.73 bits per heavy atom. The van der Waals surface area contributed by atoms with Gasteiger partial charge in [0.2, 0.25) is 0 Å². The Bertz CT molecular complexity index is 2390. The third kappa shape index (κ3) is 7.64. The topological polar surface area (TPSA) is 175 Å². The molecule has 14 nitrogen and oxygen atoms in total. The summed E-state index contributed by atoms with van der Waals surface area (Å²) in [6.45, 7) is 7.87. The number of rotatable bonds is 9. The van der Waals surface area contributed by atoms with E-state index in [-0.39, 0.29) is 29.9 Å². The van der Waals surface area contributed by atoms with Gasteiger partial charge in [-0.2, -0.15) is 0 Å². The van der Waals surface area contributed by atoms with Crippen LogP contribution in [0.2, 0.25) is 0 Å². The SMILES string of the molecule is Cc1ncnc2c1c(NC(C)c1ccccn1)cc(=O)n2O.Cc1ncnc2c1c(NC(C)c1ccccn1)cc(=O)n2OCc1ccccc1. The van der Waals surface area contributed by atoms with Crippen LogP contribution in [0.1, 0.15) is 54.3 Å². The van der Waals surface area contributed by atoms with Gasteiger partial charge in [0.1, 0.15) is 19.3 Å². The molecule has 0 amide bonds. The molecule has 2 atom stereocenters. The predicted molar refractivity (Wildman–Crippen MR) is 194 cm³/mol. The molecule has 0 saturated carbocycles. The van der Waals surface area contributed by atoms with Crippen LogP contribution >= 0.6 is 0 Å². The van der Waals surface area contributed by atoms with E-state index in [1.165, 1.54) is 29.5 Å². The van der Waals surface area contributed by atoms with Gasteiger partial charge in [0, 0.05) is 24.5 Å². The summed E-state index contributed by atoms with van der Waals surface area (Å²) < 4.78 is 1.76. The van der Waals surface area contributed by atoms with Crippen molar-refractivity contribution in [3.05, 3.63) is 153 Å². The highest BCUT2D eigenvalue weighted by Gasteiger charge is 2.18. The highest BCUT2D eigenvalue weighted by Crippen LogP contribution is 2.27. The van der Waals surface area contributed by atoms with E-state index in [1.807, 2.05) is 87.5 Å². The summed E-state index contributed by atoms with van der Waals surface area (Å²) in [7, 11) is 0. The van der Waals surface area contributed by atoms with Gasteiger partial charge < -0.3 is 20.7 Å². The number of aryl methyl sites for hydroxylation is 2. The molecule has 258 valence electrons. The molecule has 0 saturated heterocycles. The van der Waals surface area contributed by atoms with Gasteiger partial charge in [-0.3, -0.25) is 19.6 Å². The van der Waals surface area contributed by atoms with Gasteiger partial charge in [-0.1, -0.05) is 42.5 Å². The normalized spacial score (nSPS) is 12.1. The lowest BCUT2D eigenvalue weighted by atomic mass is 10.1. The average Bonchev–Trinajstić information content (AvgIpc) is 3.15. The molecule has 0 bridgehead atoms. The maximum atomic E-state index is 12.8. The van der Waals surface area contributed by atoms with Gasteiger partial charge >= 0.3 is 0 Å². The number of benzene rings is 1. The minimum atomic E-state index is -0.554. The molecule has 0 radical (unpaired) electrons. The number of nitrogens with one attached hydrogen (secondary N) is 2. The van der Waals surface area contributed by atoms with E-state index < -0.39 is 5.56 Å². The Kier molecular flexibility index (Phi) is 10.2. The Labute approximate surface area is 292 Å². The monoisotopic (exact) mass is 684 g/mol. The smallest absolute Gasteiger partial charge is 0.287 e. The number of anilines is 2. The summed E-state index contributed by atoms with van der Waals surface area (Å²) >= 11 is 0. The zero-order chi connectivity index (χ0) is 35.9. The third-order valence-corrected chi connectivity index (χ3v) is 8.12. The Hall–Kier alpha value is -6.70. The van der Waals surface area contributed by atoms with Crippen molar-refractivity contribution in [2.75, 3.05) is 10.6 Å². The lowest BCUT2D eigenvalue weighted by molar-refractivity contribution is 0.0979. The van der Waals surface area contributed by atoms with Gasteiger partial charge in [0.05, 0.1) is 57.0 Å². The Balaban J connectivity index is 0.000000183. The van der Waals surface area contributed by atoms with Crippen molar-refractivity contribution in [1.82, 2.24) is 39.4 Å². The lowest BCUT2D eigenvalue weighted by Crippen LogP contribution is -2.28. The van der Waals surface area contributed by atoms with Gasteiger partial charge in [0.15, 0.2) is 11.3 Å². The highest BCUT2D eigenvalue weighted by atomic mass is 16.7. The summed E-state index contributed by atoms with van der Waals surface area (Å²) in [4.78, 5) is 55.9. The molecular formula is C37H36N10O4. The van der Waals surface area contributed by atoms with Crippen LogP contribution in [0.3, 0.4) is 0 Å². The molecule has 0 aliphatic rings. The predicted octanol–water partition coefficient (Wildman–Crippen LogP) is 5.20. The van der Waals surface area contributed by atoms with Crippen LogP contribution < -0.4 is 26.6 Å². The van der Waals surface area contributed by atoms with Crippen LogP contribution in [0.15, 0.2) is 114 Å². The maximum absolute atomic E-state index is 12.8. The van der Waals surface area contributed by atoms with Crippen molar-refractivity contribution in [3.63, 3.8) is 0 Å². The summed E-state index contributed by atoms with van der Waals surface area (Å²) in [5.74, 6) is 0. The summed E-state index contributed by atoms with van der Waals surface area (Å²) in [5, 5.41) is 17.8. The number of hydrogen-bond acceptors (Lipinski definition) is 12. The number of hydrogen-bond donors (Lipinski definition) is 3. The molecule has 7 aromatic rings. The van der Waals surface area contributed by atoms with Crippen LogP contribution in [0.4, 0.5) is 11.4 Å². The fourth-order valence-corrected chi connectivity index (χ4v) is 5.53. The number of fused-ring (bicyclic) bond motifs is 2. The van der Waals surface area contributed by atoms with Crippen molar-refractivity contribution in [3.8, 4) is 0 Å². The first-order chi connectivity index (χ1) is 24.7. The first-order valence-corrected chi connectivity index (χ1v) is 16.2. The molecule has 7 rings (SSSR count). The first kappa shape index (κ1) is 34.2. The van der Waals surface area contributed by atoms with Crippen LogP contribution in [0.25, 0.3) is 22.1 Å². The van der Waals surface area contributed by atoms with Crippen molar-refractivity contribution in [1.29, 1.82) is 0 Å². The van der Waals surface area contributed by atoms with Gasteiger partial charge in [-0.25, -0.2) is 19.9 Å². The van der Waals surface area contributed by atoms with Crippen molar-refractivity contribution in [2.45, 2.75) is 46.4 Å². The number of aromatic nitrogens is 8. The standard InChI is InChI=1S/C22H21N5O2.C15H15N5O2/c1-15(18-10-6-7-11-23-18)26-19-12-20(28)27(22-21(19)16(2)24-14-25-22)29-13-17-8-4-3-5-9-17;1-9(11-5-3-4-6-16-11)19-12-7-13(21)20(22)15-14(12)10(2)17-8-18-15/h3-12,14-15,26H,13H2,1-2H3;3-9,19,22H,1-2H3. The molecule has 0 aliphatic carbocycles. The van der Waals surface area contributed by atoms with Gasteiger partial charge in [0.25, 0.3) is 11.1 Å². The fraction of sp³-hybridized carbons (Fsp3) is 0.189.